The van der Waals surface area contributed by atoms with Crippen LogP contribution in [0.15, 0.2) is 0 Å². The molecule has 98 valence electrons. The van der Waals surface area contributed by atoms with Gasteiger partial charge in [0, 0.05) is 13.2 Å². The summed E-state index contributed by atoms with van der Waals surface area (Å²) in [6, 6.07) is 0. The van der Waals surface area contributed by atoms with Gasteiger partial charge in [-0.2, -0.15) is 0 Å². The van der Waals surface area contributed by atoms with E-state index in [1.807, 2.05) is 0 Å². The first-order chi connectivity index (χ1) is 7.60. The zero-order chi connectivity index (χ0) is 12.4. The van der Waals surface area contributed by atoms with Crippen LogP contribution < -0.4 is 5.73 Å². The largest absolute Gasteiger partial charge is 0.381 e. The Bertz CT molecular complexity index is 153. The van der Waals surface area contributed by atoms with Crippen molar-refractivity contribution in [3.63, 3.8) is 0 Å². The molecular weight excluding hydrogens is 198 g/mol. The quantitative estimate of drug-likeness (QED) is 0.581. The minimum Gasteiger partial charge on any atom is -0.381 e. The highest BCUT2D eigenvalue weighted by atomic mass is 16.5. The molecule has 0 aliphatic carbocycles. The molecule has 0 aliphatic rings. The van der Waals surface area contributed by atoms with E-state index in [1.54, 1.807) is 0 Å². The van der Waals surface area contributed by atoms with Crippen molar-refractivity contribution in [2.45, 2.75) is 59.8 Å². The molecule has 0 bridgehead atoms. The van der Waals surface area contributed by atoms with Gasteiger partial charge in [-0.1, -0.05) is 40.5 Å². The molecule has 0 fully saturated rings. The van der Waals surface area contributed by atoms with Crippen molar-refractivity contribution in [2.75, 3.05) is 19.8 Å². The van der Waals surface area contributed by atoms with Gasteiger partial charge >= 0.3 is 0 Å². The summed E-state index contributed by atoms with van der Waals surface area (Å²) >= 11 is 0. The first-order valence-corrected chi connectivity index (χ1v) is 6.88. The zero-order valence-corrected chi connectivity index (χ0v) is 11.7. The SMILES string of the molecule is CCCCC(CC)(CN)CCOCC(C)C. The van der Waals surface area contributed by atoms with E-state index in [0.29, 0.717) is 11.3 Å². The first kappa shape index (κ1) is 15.9. The van der Waals surface area contributed by atoms with Gasteiger partial charge in [-0.05, 0) is 37.1 Å². The van der Waals surface area contributed by atoms with Gasteiger partial charge in [0.1, 0.15) is 0 Å². The molecule has 2 N–H and O–H groups in total. The van der Waals surface area contributed by atoms with Crippen LogP contribution in [0.4, 0.5) is 0 Å². The average molecular weight is 229 g/mol. The Balaban J connectivity index is 3.91. The summed E-state index contributed by atoms with van der Waals surface area (Å²) in [6.07, 6.45) is 6.09. The minimum atomic E-state index is 0.326. The molecule has 1 unspecified atom stereocenters. The molecule has 0 saturated heterocycles. The van der Waals surface area contributed by atoms with Crippen molar-refractivity contribution in [3.8, 4) is 0 Å². The Morgan fingerprint density at radius 3 is 2.31 bits per heavy atom. The Morgan fingerprint density at radius 2 is 1.88 bits per heavy atom. The lowest BCUT2D eigenvalue weighted by atomic mass is 9.77. The number of hydrogen-bond acceptors (Lipinski definition) is 2. The van der Waals surface area contributed by atoms with Crippen LogP contribution in [0.2, 0.25) is 0 Å². The summed E-state index contributed by atoms with van der Waals surface area (Å²) in [6.45, 7) is 11.4. The summed E-state index contributed by atoms with van der Waals surface area (Å²) in [5.74, 6) is 0.629. The Labute approximate surface area is 102 Å². The molecule has 0 heterocycles. The van der Waals surface area contributed by atoms with E-state index < -0.39 is 0 Å². The van der Waals surface area contributed by atoms with Crippen LogP contribution in [0.1, 0.15) is 59.8 Å². The standard InChI is InChI=1S/C14H31NO/c1-5-7-8-14(6-2,12-15)9-10-16-11-13(3)4/h13H,5-12,15H2,1-4H3. The van der Waals surface area contributed by atoms with Crippen LogP contribution in [0, 0.1) is 11.3 Å². The normalized spacial score (nSPS) is 15.4. The molecule has 0 aliphatic heterocycles. The lowest BCUT2D eigenvalue weighted by Crippen LogP contribution is -2.31. The number of nitrogens with two attached hydrogens (primary N) is 1. The van der Waals surface area contributed by atoms with Gasteiger partial charge in [-0.15, -0.1) is 0 Å². The van der Waals surface area contributed by atoms with E-state index >= 15 is 0 Å². The van der Waals surface area contributed by atoms with Gasteiger partial charge in [0.25, 0.3) is 0 Å². The van der Waals surface area contributed by atoms with Crippen molar-refractivity contribution in [2.24, 2.45) is 17.1 Å². The molecule has 0 amide bonds. The van der Waals surface area contributed by atoms with Crippen LogP contribution in [-0.2, 0) is 4.74 Å². The van der Waals surface area contributed by atoms with Crippen LogP contribution >= 0.6 is 0 Å². The van der Waals surface area contributed by atoms with Gasteiger partial charge in [0.05, 0.1) is 0 Å². The van der Waals surface area contributed by atoms with Gasteiger partial charge in [-0.25, -0.2) is 0 Å². The Morgan fingerprint density at radius 1 is 1.19 bits per heavy atom. The number of ether oxygens (including phenoxy) is 1. The molecule has 0 radical (unpaired) electrons. The number of hydrogen-bond donors (Lipinski definition) is 1. The molecule has 0 saturated carbocycles. The van der Waals surface area contributed by atoms with Crippen molar-refractivity contribution in [3.05, 3.63) is 0 Å². The van der Waals surface area contributed by atoms with Gasteiger partial charge < -0.3 is 10.5 Å². The third-order valence-electron chi connectivity index (χ3n) is 3.47. The van der Waals surface area contributed by atoms with Gasteiger partial charge in [0.15, 0.2) is 0 Å². The van der Waals surface area contributed by atoms with E-state index in [1.165, 1.54) is 25.7 Å². The number of rotatable bonds is 10. The Kier molecular flexibility index (Phi) is 8.96. The summed E-state index contributed by atoms with van der Waals surface area (Å²) in [5.41, 5.74) is 6.27. The van der Waals surface area contributed by atoms with Crippen LogP contribution in [-0.4, -0.2) is 19.8 Å². The highest BCUT2D eigenvalue weighted by molar-refractivity contribution is 4.78. The monoisotopic (exact) mass is 229 g/mol. The zero-order valence-electron chi connectivity index (χ0n) is 11.7. The molecule has 0 aromatic rings. The number of unbranched alkanes of at least 4 members (excludes halogenated alkanes) is 1. The molecule has 2 nitrogen and oxygen atoms in total. The van der Waals surface area contributed by atoms with Gasteiger partial charge in [0.2, 0.25) is 0 Å². The van der Waals surface area contributed by atoms with Crippen LogP contribution in [0.5, 0.6) is 0 Å². The molecule has 0 spiro atoms. The third-order valence-corrected chi connectivity index (χ3v) is 3.47. The lowest BCUT2D eigenvalue weighted by molar-refractivity contribution is 0.0727. The van der Waals surface area contributed by atoms with E-state index in [4.69, 9.17) is 10.5 Å². The molecule has 2 heteroatoms. The van der Waals surface area contributed by atoms with Crippen LogP contribution in [0.25, 0.3) is 0 Å². The summed E-state index contributed by atoms with van der Waals surface area (Å²) < 4.78 is 5.68. The predicted octanol–water partition coefficient (Wildman–Crippen LogP) is 3.59. The molecule has 0 aromatic heterocycles. The maximum atomic E-state index is 5.95. The first-order valence-electron chi connectivity index (χ1n) is 6.88. The Hall–Kier alpha value is -0.0800. The topological polar surface area (TPSA) is 35.2 Å². The highest BCUT2D eigenvalue weighted by Crippen LogP contribution is 2.31. The molecule has 0 rings (SSSR count). The van der Waals surface area contributed by atoms with Crippen molar-refractivity contribution in [1.29, 1.82) is 0 Å². The fourth-order valence-electron chi connectivity index (χ4n) is 1.99. The second-order valence-electron chi connectivity index (χ2n) is 5.38. The van der Waals surface area contributed by atoms with Crippen LogP contribution in [0.3, 0.4) is 0 Å². The van der Waals surface area contributed by atoms with Crippen molar-refractivity contribution in [1.82, 2.24) is 0 Å². The fraction of sp³-hybridized carbons (Fsp3) is 1.00. The second-order valence-corrected chi connectivity index (χ2v) is 5.38. The minimum absolute atomic E-state index is 0.326. The maximum absolute atomic E-state index is 5.95. The smallest absolute Gasteiger partial charge is 0.0488 e. The second kappa shape index (κ2) is 9.00. The van der Waals surface area contributed by atoms with Crippen molar-refractivity contribution >= 4 is 0 Å². The molecule has 16 heavy (non-hydrogen) atoms. The molecular formula is C14H31NO. The fourth-order valence-corrected chi connectivity index (χ4v) is 1.99. The summed E-state index contributed by atoms with van der Waals surface area (Å²) in [7, 11) is 0. The van der Waals surface area contributed by atoms with Crippen molar-refractivity contribution < 1.29 is 4.74 Å². The molecule has 1 atom stereocenters. The highest BCUT2D eigenvalue weighted by Gasteiger charge is 2.25. The van der Waals surface area contributed by atoms with Gasteiger partial charge in [-0.3, -0.25) is 0 Å². The summed E-state index contributed by atoms with van der Waals surface area (Å²) in [5, 5.41) is 0. The summed E-state index contributed by atoms with van der Waals surface area (Å²) in [4.78, 5) is 0. The van der Waals surface area contributed by atoms with E-state index in [9.17, 15) is 0 Å². The predicted molar refractivity (Wildman–Crippen MR) is 71.6 cm³/mol. The lowest BCUT2D eigenvalue weighted by Gasteiger charge is -2.31. The average Bonchev–Trinajstić information content (AvgIpc) is 2.29. The van der Waals surface area contributed by atoms with E-state index in [-0.39, 0.29) is 0 Å². The maximum Gasteiger partial charge on any atom is 0.0488 e. The van der Waals surface area contributed by atoms with E-state index in [0.717, 1.165) is 26.2 Å². The third kappa shape index (κ3) is 6.49. The molecule has 0 aromatic carbocycles. The van der Waals surface area contributed by atoms with E-state index in [2.05, 4.69) is 27.7 Å².